The van der Waals surface area contributed by atoms with E-state index in [1.54, 1.807) is 0 Å². The van der Waals surface area contributed by atoms with E-state index in [9.17, 15) is 0 Å². The van der Waals surface area contributed by atoms with Gasteiger partial charge in [-0.2, -0.15) is 5.10 Å². The van der Waals surface area contributed by atoms with Crippen molar-refractivity contribution >= 4 is 0 Å². The van der Waals surface area contributed by atoms with Crippen LogP contribution in [0.15, 0.2) is 0 Å². The predicted molar refractivity (Wildman–Crippen MR) is 59.4 cm³/mol. The second-order valence-electron chi connectivity index (χ2n) is 4.83. The Morgan fingerprint density at radius 1 is 1.33 bits per heavy atom. The van der Waals surface area contributed by atoms with E-state index in [1.807, 2.05) is 0 Å². The molecule has 1 atom stereocenters. The first-order valence-corrected chi connectivity index (χ1v) is 5.86. The monoisotopic (exact) mass is 208 g/mol. The lowest BCUT2D eigenvalue weighted by Crippen LogP contribution is -2.18. The van der Waals surface area contributed by atoms with Crippen molar-refractivity contribution in [2.75, 3.05) is 0 Å². The van der Waals surface area contributed by atoms with E-state index in [1.165, 1.54) is 25.7 Å². The van der Waals surface area contributed by atoms with E-state index >= 15 is 0 Å². The van der Waals surface area contributed by atoms with E-state index in [2.05, 4.69) is 29.0 Å². The first-order valence-electron chi connectivity index (χ1n) is 5.86. The third-order valence-corrected chi connectivity index (χ3v) is 3.28. The van der Waals surface area contributed by atoms with Gasteiger partial charge in [0.05, 0.1) is 6.04 Å². The van der Waals surface area contributed by atoms with Crippen LogP contribution in [-0.4, -0.2) is 15.2 Å². The molecule has 0 aromatic carbocycles. The van der Waals surface area contributed by atoms with Gasteiger partial charge in [0.1, 0.15) is 5.82 Å². The molecular formula is C11H20N4. The minimum Gasteiger partial charge on any atom is -0.321 e. The summed E-state index contributed by atoms with van der Waals surface area (Å²) in [5.74, 6) is 2.79. The van der Waals surface area contributed by atoms with Gasteiger partial charge in [-0.3, -0.25) is 5.10 Å². The summed E-state index contributed by atoms with van der Waals surface area (Å²) in [5.41, 5.74) is 6.00. The Labute approximate surface area is 90.7 Å². The highest BCUT2D eigenvalue weighted by atomic mass is 15.2. The Bertz CT molecular complexity index is 296. The molecule has 4 nitrogen and oxygen atoms in total. The van der Waals surface area contributed by atoms with Gasteiger partial charge in [-0.25, -0.2) is 4.98 Å². The van der Waals surface area contributed by atoms with Crippen LogP contribution in [0.4, 0.5) is 0 Å². The molecule has 4 heteroatoms. The van der Waals surface area contributed by atoms with Gasteiger partial charge in [0.15, 0.2) is 5.82 Å². The highest BCUT2D eigenvalue weighted by Gasteiger charge is 2.22. The zero-order chi connectivity index (χ0) is 10.8. The average molecular weight is 208 g/mol. The largest absolute Gasteiger partial charge is 0.321 e. The molecule has 1 aliphatic carbocycles. The van der Waals surface area contributed by atoms with Crippen LogP contribution in [0.2, 0.25) is 0 Å². The molecule has 0 saturated heterocycles. The van der Waals surface area contributed by atoms with Gasteiger partial charge >= 0.3 is 0 Å². The molecule has 0 unspecified atom stereocenters. The molecule has 0 radical (unpaired) electrons. The molecule has 3 N–H and O–H groups in total. The number of hydrogen-bond acceptors (Lipinski definition) is 3. The summed E-state index contributed by atoms with van der Waals surface area (Å²) >= 11 is 0. The Morgan fingerprint density at radius 2 is 2.00 bits per heavy atom. The summed E-state index contributed by atoms with van der Waals surface area (Å²) < 4.78 is 0. The summed E-state index contributed by atoms with van der Waals surface area (Å²) in [5, 5.41) is 7.26. The molecule has 1 heterocycles. The first-order chi connectivity index (χ1) is 7.18. The van der Waals surface area contributed by atoms with Gasteiger partial charge in [0.2, 0.25) is 0 Å². The summed E-state index contributed by atoms with van der Waals surface area (Å²) in [4.78, 5) is 4.52. The highest BCUT2D eigenvalue weighted by Crippen LogP contribution is 2.32. The number of aromatic amines is 1. The molecule has 84 valence electrons. The molecule has 1 fully saturated rings. The second-order valence-corrected chi connectivity index (χ2v) is 4.83. The lowest BCUT2D eigenvalue weighted by Gasteiger charge is -2.10. The smallest absolute Gasteiger partial charge is 0.167 e. The maximum Gasteiger partial charge on any atom is 0.167 e. The standard InChI is InChI=1S/C11H20N4/c1-7(2)9(12)11-13-10(14-15-11)8-5-3-4-6-8/h7-9H,3-6,12H2,1-2H3,(H,13,14,15)/t9-/m1/s1. The van der Waals surface area contributed by atoms with Crippen LogP contribution in [0.25, 0.3) is 0 Å². The molecule has 1 saturated carbocycles. The fourth-order valence-corrected chi connectivity index (χ4v) is 2.12. The molecule has 2 rings (SSSR count). The van der Waals surface area contributed by atoms with Crippen LogP contribution in [0.3, 0.4) is 0 Å². The molecule has 1 aliphatic rings. The van der Waals surface area contributed by atoms with Gasteiger partial charge in [0.25, 0.3) is 0 Å². The molecule has 15 heavy (non-hydrogen) atoms. The van der Waals surface area contributed by atoms with Gasteiger partial charge in [-0.15, -0.1) is 0 Å². The minimum atomic E-state index is -0.0450. The Kier molecular flexibility index (Phi) is 3.05. The van der Waals surface area contributed by atoms with E-state index in [4.69, 9.17) is 5.73 Å². The lowest BCUT2D eigenvalue weighted by atomic mass is 10.1. The van der Waals surface area contributed by atoms with Crippen molar-refractivity contribution in [3.63, 3.8) is 0 Å². The molecule has 0 spiro atoms. The molecule has 1 aromatic heterocycles. The normalized spacial score (nSPS) is 20.0. The average Bonchev–Trinajstić information content (AvgIpc) is 2.86. The van der Waals surface area contributed by atoms with Gasteiger partial charge in [-0.1, -0.05) is 26.7 Å². The summed E-state index contributed by atoms with van der Waals surface area (Å²) in [7, 11) is 0. The van der Waals surface area contributed by atoms with Crippen molar-refractivity contribution < 1.29 is 0 Å². The van der Waals surface area contributed by atoms with E-state index in [0.29, 0.717) is 11.8 Å². The van der Waals surface area contributed by atoms with Crippen molar-refractivity contribution in [3.05, 3.63) is 11.6 Å². The van der Waals surface area contributed by atoms with E-state index in [0.717, 1.165) is 11.6 Å². The summed E-state index contributed by atoms with van der Waals surface area (Å²) in [6.45, 7) is 4.19. The fourth-order valence-electron chi connectivity index (χ4n) is 2.12. The molecular weight excluding hydrogens is 188 g/mol. The number of nitrogens with zero attached hydrogens (tertiary/aromatic N) is 2. The maximum atomic E-state index is 6.00. The van der Waals surface area contributed by atoms with Crippen LogP contribution in [0, 0.1) is 5.92 Å². The zero-order valence-corrected chi connectivity index (χ0v) is 9.53. The zero-order valence-electron chi connectivity index (χ0n) is 9.53. The van der Waals surface area contributed by atoms with Gasteiger partial charge < -0.3 is 5.73 Å². The number of nitrogens with two attached hydrogens (primary N) is 1. The maximum absolute atomic E-state index is 6.00. The van der Waals surface area contributed by atoms with E-state index < -0.39 is 0 Å². The Morgan fingerprint density at radius 3 is 2.60 bits per heavy atom. The molecule has 0 aliphatic heterocycles. The fraction of sp³-hybridized carbons (Fsp3) is 0.818. The molecule has 0 bridgehead atoms. The number of H-pyrrole nitrogens is 1. The van der Waals surface area contributed by atoms with Gasteiger partial charge in [-0.05, 0) is 18.8 Å². The number of rotatable bonds is 3. The van der Waals surface area contributed by atoms with Crippen LogP contribution in [0.1, 0.15) is 63.1 Å². The van der Waals surface area contributed by atoms with Crippen molar-refractivity contribution in [2.24, 2.45) is 11.7 Å². The quantitative estimate of drug-likeness (QED) is 0.799. The van der Waals surface area contributed by atoms with Crippen LogP contribution in [-0.2, 0) is 0 Å². The first kappa shape index (κ1) is 10.6. The van der Waals surface area contributed by atoms with Crippen molar-refractivity contribution in [1.82, 2.24) is 15.2 Å². The lowest BCUT2D eigenvalue weighted by molar-refractivity contribution is 0.491. The van der Waals surface area contributed by atoms with Gasteiger partial charge in [0, 0.05) is 5.92 Å². The molecule has 0 amide bonds. The molecule has 1 aromatic rings. The summed E-state index contributed by atoms with van der Waals surface area (Å²) in [6.07, 6.45) is 5.12. The number of nitrogens with one attached hydrogen (secondary N) is 1. The van der Waals surface area contributed by atoms with Crippen molar-refractivity contribution in [2.45, 2.75) is 51.5 Å². The Balaban J connectivity index is 2.09. The second kappa shape index (κ2) is 4.31. The third-order valence-electron chi connectivity index (χ3n) is 3.28. The number of aromatic nitrogens is 3. The van der Waals surface area contributed by atoms with Crippen LogP contribution >= 0.6 is 0 Å². The number of hydrogen-bond donors (Lipinski definition) is 2. The Hall–Kier alpha value is -0.900. The van der Waals surface area contributed by atoms with Crippen LogP contribution < -0.4 is 5.73 Å². The minimum absolute atomic E-state index is 0.0450. The summed E-state index contributed by atoms with van der Waals surface area (Å²) in [6, 6.07) is -0.0450. The van der Waals surface area contributed by atoms with Crippen molar-refractivity contribution in [1.29, 1.82) is 0 Å². The third kappa shape index (κ3) is 2.20. The van der Waals surface area contributed by atoms with E-state index in [-0.39, 0.29) is 6.04 Å². The van der Waals surface area contributed by atoms with Crippen molar-refractivity contribution in [3.8, 4) is 0 Å². The highest BCUT2D eigenvalue weighted by molar-refractivity contribution is 5.03. The SMILES string of the molecule is CC(C)[C@@H](N)c1n[nH]c(C2CCCC2)n1. The topological polar surface area (TPSA) is 67.6 Å². The van der Waals surface area contributed by atoms with Crippen LogP contribution in [0.5, 0.6) is 0 Å². The predicted octanol–water partition coefficient (Wildman–Crippen LogP) is 2.12.